The highest BCUT2D eigenvalue weighted by atomic mass is 16.1. The van der Waals surface area contributed by atoms with Gasteiger partial charge in [-0.15, -0.1) is 0 Å². The Morgan fingerprint density at radius 1 is 1.18 bits per heavy atom. The van der Waals surface area contributed by atoms with Crippen molar-refractivity contribution < 1.29 is 0 Å². The van der Waals surface area contributed by atoms with Crippen molar-refractivity contribution in [1.82, 2.24) is 14.3 Å². The van der Waals surface area contributed by atoms with Crippen molar-refractivity contribution >= 4 is 0 Å². The molecule has 0 aromatic carbocycles. The van der Waals surface area contributed by atoms with Crippen LogP contribution in [-0.2, 0) is 19.9 Å². The fourth-order valence-electron chi connectivity index (χ4n) is 2.32. The number of pyridine rings is 1. The van der Waals surface area contributed by atoms with Crippen LogP contribution in [0.5, 0.6) is 0 Å². The summed E-state index contributed by atoms with van der Waals surface area (Å²) < 4.78 is 3.46. The Bertz CT molecular complexity index is 586. The second-order valence-electron chi connectivity index (χ2n) is 4.59. The summed E-state index contributed by atoms with van der Waals surface area (Å²) in [5.41, 5.74) is 3.52. The van der Waals surface area contributed by atoms with E-state index >= 15 is 0 Å². The van der Waals surface area contributed by atoms with Crippen LogP contribution in [0.4, 0.5) is 0 Å². The minimum Gasteiger partial charge on any atom is -0.316 e. The number of aryl methyl sites for hydroxylation is 3. The Balaban J connectivity index is 2.06. The quantitative estimate of drug-likeness (QED) is 0.742. The average molecular weight is 229 g/mol. The molecule has 0 saturated heterocycles. The molecule has 88 valence electrons. The third-order valence-corrected chi connectivity index (χ3v) is 3.32. The highest BCUT2D eigenvalue weighted by molar-refractivity contribution is 5.31. The Morgan fingerprint density at radius 3 is 2.76 bits per heavy atom. The van der Waals surface area contributed by atoms with Gasteiger partial charge in [0.1, 0.15) is 0 Å². The van der Waals surface area contributed by atoms with E-state index in [0.717, 1.165) is 18.5 Å². The van der Waals surface area contributed by atoms with Gasteiger partial charge in [-0.2, -0.15) is 5.10 Å². The molecule has 1 aliphatic rings. The third-order valence-electron chi connectivity index (χ3n) is 3.32. The van der Waals surface area contributed by atoms with E-state index in [1.54, 1.807) is 17.7 Å². The van der Waals surface area contributed by atoms with Gasteiger partial charge < -0.3 is 4.57 Å². The molecule has 0 atom stereocenters. The van der Waals surface area contributed by atoms with Gasteiger partial charge in [0.15, 0.2) is 0 Å². The number of aromatic nitrogens is 3. The first-order valence-corrected chi connectivity index (χ1v) is 5.98. The van der Waals surface area contributed by atoms with Crippen molar-refractivity contribution in [3.8, 4) is 5.69 Å². The van der Waals surface area contributed by atoms with Crippen LogP contribution in [-0.4, -0.2) is 14.3 Å². The van der Waals surface area contributed by atoms with Gasteiger partial charge in [-0.1, -0.05) is 0 Å². The van der Waals surface area contributed by atoms with E-state index < -0.39 is 0 Å². The molecule has 0 fully saturated rings. The zero-order valence-electron chi connectivity index (χ0n) is 9.89. The predicted octanol–water partition coefficient (Wildman–Crippen LogP) is 1.45. The fourth-order valence-corrected chi connectivity index (χ4v) is 2.32. The molecule has 0 saturated carbocycles. The average Bonchev–Trinajstić information content (AvgIpc) is 2.76. The van der Waals surface area contributed by atoms with Crippen LogP contribution in [0, 0.1) is 0 Å². The lowest BCUT2D eigenvalue weighted by molar-refractivity contribution is 0.670. The van der Waals surface area contributed by atoms with Crippen LogP contribution in [0.3, 0.4) is 0 Å². The predicted molar refractivity (Wildman–Crippen MR) is 65.4 cm³/mol. The molecule has 0 N–H and O–H groups in total. The first-order chi connectivity index (χ1) is 8.24. The molecule has 0 spiro atoms. The van der Waals surface area contributed by atoms with Crippen molar-refractivity contribution in [2.75, 3.05) is 0 Å². The monoisotopic (exact) mass is 229 g/mol. The normalized spacial score (nSPS) is 14.6. The van der Waals surface area contributed by atoms with Crippen molar-refractivity contribution in [1.29, 1.82) is 0 Å². The highest BCUT2D eigenvalue weighted by Crippen LogP contribution is 2.20. The first kappa shape index (κ1) is 10.3. The molecule has 4 nitrogen and oxygen atoms in total. The van der Waals surface area contributed by atoms with Crippen molar-refractivity contribution in [3.63, 3.8) is 0 Å². The van der Waals surface area contributed by atoms with E-state index in [4.69, 9.17) is 0 Å². The minimum atomic E-state index is 0.00525. The summed E-state index contributed by atoms with van der Waals surface area (Å²) in [5.74, 6) is 0. The van der Waals surface area contributed by atoms with E-state index in [-0.39, 0.29) is 5.56 Å². The maximum absolute atomic E-state index is 11.3. The minimum absolute atomic E-state index is 0.00525. The molecule has 0 bridgehead atoms. The Labute approximate surface area is 99.5 Å². The van der Waals surface area contributed by atoms with Crippen LogP contribution in [0.2, 0.25) is 0 Å². The lowest BCUT2D eigenvalue weighted by atomic mass is 9.99. The fraction of sp³-hybridized carbons (Fsp3) is 0.385. The van der Waals surface area contributed by atoms with E-state index in [2.05, 4.69) is 11.3 Å². The largest absolute Gasteiger partial charge is 0.316 e. The molecule has 0 aliphatic heterocycles. The van der Waals surface area contributed by atoms with Gasteiger partial charge in [0.2, 0.25) is 5.56 Å². The molecule has 2 aromatic heterocycles. The molecule has 0 unspecified atom stereocenters. The highest BCUT2D eigenvalue weighted by Gasteiger charge is 2.14. The molecule has 0 radical (unpaired) electrons. The Hall–Kier alpha value is -1.84. The molecule has 1 aliphatic carbocycles. The molecule has 2 heterocycles. The second-order valence-corrected chi connectivity index (χ2v) is 4.59. The van der Waals surface area contributed by atoms with Crippen LogP contribution in [0.15, 0.2) is 29.3 Å². The van der Waals surface area contributed by atoms with Gasteiger partial charge in [-0.25, -0.2) is 4.68 Å². The maximum atomic E-state index is 11.3. The van der Waals surface area contributed by atoms with Gasteiger partial charge in [-0.3, -0.25) is 4.79 Å². The summed E-state index contributed by atoms with van der Waals surface area (Å²) >= 11 is 0. The molecule has 0 amide bonds. The van der Waals surface area contributed by atoms with Gasteiger partial charge in [0, 0.05) is 25.5 Å². The lowest BCUT2D eigenvalue weighted by Crippen LogP contribution is -2.15. The summed E-state index contributed by atoms with van der Waals surface area (Å²) in [6.07, 6.45) is 8.60. The summed E-state index contributed by atoms with van der Waals surface area (Å²) in [5, 5.41) is 4.59. The molecule has 4 heteroatoms. The number of hydrogen-bond donors (Lipinski definition) is 0. The standard InChI is InChI=1S/C13H15N3O/c1-15-9-11(6-7-13(15)17)16-8-10-4-2-3-5-12(10)14-16/h6-9H,2-5H2,1H3. The summed E-state index contributed by atoms with van der Waals surface area (Å²) in [4.78, 5) is 11.3. The van der Waals surface area contributed by atoms with Crippen molar-refractivity contribution in [2.45, 2.75) is 25.7 Å². The van der Waals surface area contributed by atoms with E-state index in [1.165, 1.54) is 24.1 Å². The van der Waals surface area contributed by atoms with Crippen LogP contribution in [0.25, 0.3) is 5.69 Å². The molecule has 2 aromatic rings. The lowest BCUT2D eigenvalue weighted by Gasteiger charge is -2.06. The summed E-state index contributed by atoms with van der Waals surface area (Å²) in [6, 6.07) is 3.40. The van der Waals surface area contributed by atoms with Gasteiger partial charge >= 0.3 is 0 Å². The molecular weight excluding hydrogens is 214 g/mol. The van der Waals surface area contributed by atoms with Gasteiger partial charge in [0.25, 0.3) is 0 Å². The maximum Gasteiger partial charge on any atom is 0.250 e. The Kier molecular flexibility index (Phi) is 2.35. The summed E-state index contributed by atoms with van der Waals surface area (Å²) in [6.45, 7) is 0. The van der Waals surface area contributed by atoms with Gasteiger partial charge in [0.05, 0.1) is 11.4 Å². The smallest absolute Gasteiger partial charge is 0.250 e. The topological polar surface area (TPSA) is 39.8 Å². The molecule has 3 rings (SSSR count). The zero-order chi connectivity index (χ0) is 11.8. The number of rotatable bonds is 1. The number of nitrogens with zero attached hydrogens (tertiary/aromatic N) is 3. The van der Waals surface area contributed by atoms with Crippen LogP contribution >= 0.6 is 0 Å². The van der Waals surface area contributed by atoms with Crippen LogP contribution < -0.4 is 5.56 Å². The molecular formula is C13H15N3O. The number of fused-ring (bicyclic) bond motifs is 1. The van der Waals surface area contributed by atoms with Crippen molar-refractivity contribution in [3.05, 3.63) is 46.1 Å². The molecule has 17 heavy (non-hydrogen) atoms. The van der Waals surface area contributed by atoms with Crippen molar-refractivity contribution in [2.24, 2.45) is 7.05 Å². The summed E-state index contributed by atoms with van der Waals surface area (Å²) in [7, 11) is 1.76. The van der Waals surface area contributed by atoms with E-state index in [9.17, 15) is 4.79 Å². The third kappa shape index (κ3) is 1.79. The van der Waals surface area contributed by atoms with Crippen LogP contribution in [0.1, 0.15) is 24.1 Å². The zero-order valence-corrected chi connectivity index (χ0v) is 9.89. The first-order valence-electron chi connectivity index (χ1n) is 5.98. The SMILES string of the molecule is Cn1cc(-n2cc3c(n2)CCCC3)ccc1=O. The van der Waals surface area contributed by atoms with E-state index in [0.29, 0.717) is 0 Å². The van der Waals surface area contributed by atoms with E-state index in [1.807, 2.05) is 16.9 Å². The van der Waals surface area contributed by atoms with Gasteiger partial charge in [-0.05, 0) is 37.3 Å². The Morgan fingerprint density at radius 2 is 2.00 bits per heavy atom. The number of hydrogen-bond acceptors (Lipinski definition) is 2. The second kappa shape index (κ2) is 3.87.